The molecular formula is C49H36N2. The van der Waals surface area contributed by atoms with Crippen LogP contribution in [0.15, 0.2) is 195 Å². The first-order valence-corrected chi connectivity index (χ1v) is 17.5. The molecule has 0 saturated heterocycles. The highest BCUT2D eigenvalue weighted by Gasteiger charge is 2.16. The van der Waals surface area contributed by atoms with Crippen molar-refractivity contribution < 1.29 is 0 Å². The lowest BCUT2D eigenvalue weighted by Gasteiger charge is -2.11. The first-order valence-electron chi connectivity index (χ1n) is 17.5. The fourth-order valence-corrected chi connectivity index (χ4v) is 7.65. The maximum Gasteiger partial charge on any atom is 0.0541 e. The van der Waals surface area contributed by atoms with Crippen LogP contribution in [0.25, 0.3) is 82.8 Å². The first-order chi connectivity index (χ1) is 25.2. The molecule has 0 aliphatic heterocycles. The Labute approximate surface area is 298 Å². The number of allylic oxidation sites excluding steroid dienone is 5. The van der Waals surface area contributed by atoms with E-state index in [1.165, 1.54) is 77.1 Å². The normalized spacial score (nSPS) is 12.1. The van der Waals surface area contributed by atoms with Crippen molar-refractivity contribution in [2.24, 2.45) is 0 Å². The van der Waals surface area contributed by atoms with Gasteiger partial charge in [-0.2, -0.15) is 0 Å². The molecule has 0 fully saturated rings. The summed E-state index contributed by atoms with van der Waals surface area (Å²) < 4.78 is 4.76. The molecule has 0 unspecified atom stereocenters. The van der Waals surface area contributed by atoms with Crippen LogP contribution >= 0.6 is 0 Å². The minimum atomic E-state index is 1.15. The third-order valence-corrected chi connectivity index (χ3v) is 10.0. The second kappa shape index (κ2) is 12.7. The van der Waals surface area contributed by atoms with E-state index in [2.05, 4.69) is 192 Å². The van der Waals surface area contributed by atoms with Gasteiger partial charge in [0, 0.05) is 32.9 Å². The maximum absolute atomic E-state index is 3.87. The molecule has 0 saturated carbocycles. The van der Waals surface area contributed by atoms with Gasteiger partial charge in [-0.1, -0.05) is 134 Å². The Morgan fingerprint density at radius 2 is 0.902 bits per heavy atom. The summed E-state index contributed by atoms with van der Waals surface area (Å²) in [5.74, 6) is 0. The average molecular weight is 653 g/mol. The van der Waals surface area contributed by atoms with Crippen LogP contribution in [0.2, 0.25) is 0 Å². The highest BCUT2D eigenvalue weighted by Crippen LogP contribution is 2.38. The van der Waals surface area contributed by atoms with Gasteiger partial charge in [0.1, 0.15) is 0 Å². The largest absolute Gasteiger partial charge is 0.309 e. The van der Waals surface area contributed by atoms with Gasteiger partial charge in [0.05, 0.1) is 22.1 Å². The van der Waals surface area contributed by atoms with Gasteiger partial charge >= 0.3 is 0 Å². The molecule has 2 heteroatoms. The smallest absolute Gasteiger partial charge is 0.0541 e. The molecule has 7 aromatic carbocycles. The second-order valence-electron chi connectivity index (χ2n) is 13.0. The molecule has 0 bridgehead atoms. The molecule has 0 spiro atoms. The Morgan fingerprint density at radius 3 is 1.43 bits per heavy atom. The van der Waals surface area contributed by atoms with Crippen molar-refractivity contribution in [3.63, 3.8) is 0 Å². The number of hydrogen-bond acceptors (Lipinski definition) is 0. The molecule has 2 heterocycles. The molecule has 0 atom stereocenters. The van der Waals surface area contributed by atoms with Crippen LogP contribution < -0.4 is 0 Å². The van der Waals surface area contributed by atoms with Gasteiger partial charge in [-0.25, -0.2) is 0 Å². The summed E-state index contributed by atoms with van der Waals surface area (Å²) in [6.45, 7) is 5.91. The summed E-state index contributed by atoms with van der Waals surface area (Å²) in [6.07, 6.45) is 8.06. The van der Waals surface area contributed by atoms with Crippen LogP contribution in [-0.2, 0) is 0 Å². The molecule has 0 N–H and O–H groups in total. The second-order valence-corrected chi connectivity index (χ2v) is 13.0. The first kappa shape index (κ1) is 30.4. The van der Waals surface area contributed by atoms with Crippen molar-refractivity contribution in [2.75, 3.05) is 0 Å². The van der Waals surface area contributed by atoms with E-state index in [-0.39, 0.29) is 0 Å². The number of benzene rings is 7. The Morgan fingerprint density at radius 1 is 0.451 bits per heavy atom. The monoisotopic (exact) mass is 652 g/mol. The van der Waals surface area contributed by atoms with Gasteiger partial charge in [-0.05, 0) is 101 Å². The number of hydrogen-bond donors (Lipinski definition) is 0. The quantitative estimate of drug-likeness (QED) is 0.152. The molecule has 2 nitrogen and oxygen atoms in total. The zero-order valence-electron chi connectivity index (χ0n) is 28.5. The molecule has 0 aliphatic rings. The Hall–Kier alpha value is -6.64. The Bertz CT molecular complexity index is 2790. The molecule has 0 aliphatic carbocycles. The molecule has 242 valence electrons. The van der Waals surface area contributed by atoms with Crippen LogP contribution in [0.1, 0.15) is 12.5 Å². The van der Waals surface area contributed by atoms with E-state index in [9.17, 15) is 0 Å². The van der Waals surface area contributed by atoms with Crippen molar-refractivity contribution >= 4 is 49.2 Å². The SMILES string of the molecule is C=C/C=C(\C=C/C)c1ccc(-c2ccc(-n3c4ccccc4c4cc(-c5ccc6c(c5)c5ccccc5n6-c5ccccc5)ccc43)cc2)cc1. The number of fused-ring (bicyclic) bond motifs is 6. The van der Waals surface area contributed by atoms with E-state index >= 15 is 0 Å². The van der Waals surface area contributed by atoms with Crippen LogP contribution in [0.3, 0.4) is 0 Å². The van der Waals surface area contributed by atoms with Crippen LogP contribution in [-0.4, -0.2) is 9.13 Å². The van der Waals surface area contributed by atoms with Crippen LogP contribution in [0.4, 0.5) is 0 Å². The predicted octanol–water partition coefficient (Wildman–Crippen LogP) is 13.4. The summed E-state index contributed by atoms with van der Waals surface area (Å²) in [5.41, 5.74) is 14.3. The van der Waals surface area contributed by atoms with Gasteiger partial charge in [-0.3, -0.25) is 0 Å². The van der Waals surface area contributed by atoms with Gasteiger partial charge in [0.15, 0.2) is 0 Å². The lowest BCUT2D eigenvalue weighted by atomic mass is 9.99. The highest BCUT2D eigenvalue weighted by atomic mass is 15.0. The lowest BCUT2D eigenvalue weighted by molar-refractivity contribution is 1.18. The van der Waals surface area contributed by atoms with E-state index < -0.39 is 0 Å². The number of para-hydroxylation sites is 3. The highest BCUT2D eigenvalue weighted by molar-refractivity contribution is 6.12. The average Bonchev–Trinajstić information content (AvgIpc) is 3.70. The zero-order chi connectivity index (χ0) is 34.3. The summed E-state index contributed by atoms with van der Waals surface area (Å²) in [7, 11) is 0. The van der Waals surface area contributed by atoms with Gasteiger partial charge in [0.2, 0.25) is 0 Å². The van der Waals surface area contributed by atoms with Gasteiger partial charge in [-0.15, -0.1) is 0 Å². The minimum Gasteiger partial charge on any atom is -0.309 e. The summed E-state index contributed by atoms with van der Waals surface area (Å²) in [5, 5.41) is 5.02. The Balaban J connectivity index is 1.11. The van der Waals surface area contributed by atoms with Crippen molar-refractivity contribution in [1.29, 1.82) is 0 Å². The number of nitrogens with zero attached hydrogens (tertiary/aromatic N) is 2. The molecule has 2 aromatic heterocycles. The predicted molar refractivity (Wildman–Crippen MR) is 219 cm³/mol. The molecular weight excluding hydrogens is 617 g/mol. The number of aromatic nitrogens is 2. The van der Waals surface area contributed by atoms with E-state index in [1.54, 1.807) is 0 Å². The zero-order valence-corrected chi connectivity index (χ0v) is 28.5. The van der Waals surface area contributed by atoms with E-state index in [1.807, 2.05) is 19.1 Å². The molecule has 9 aromatic rings. The van der Waals surface area contributed by atoms with E-state index in [0.717, 1.165) is 11.3 Å². The van der Waals surface area contributed by atoms with Crippen LogP contribution in [0, 0.1) is 0 Å². The number of rotatable bonds is 7. The van der Waals surface area contributed by atoms with E-state index in [4.69, 9.17) is 0 Å². The summed E-state index contributed by atoms with van der Waals surface area (Å²) in [6, 6.07) is 59.6. The van der Waals surface area contributed by atoms with Crippen LogP contribution in [0.5, 0.6) is 0 Å². The molecule has 51 heavy (non-hydrogen) atoms. The van der Waals surface area contributed by atoms with Gasteiger partial charge < -0.3 is 9.13 Å². The maximum atomic E-state index is 3.87. The van der Waals surface area contributed by atoms with E-state index in [0.29, 0.717) is 0 Å². The molecule has 0 radical (unpaired) electrons. The topological polar surface area (TPSA) is 9.86 Å². The van der Waals surface area contributed by atoms with Crippen molar-refractivity contribution in [2.45, 2.75) is 6.92 Å². The third kappa shape index (κ3) is 5.21. The van der Waals surface area contributed by atoms with Crippen molar-refractivity contribution in [1.82, 2.24) is 9.13 Å². The lowest BCUT2D eigenvalue weighted by Crippen LogP contribution is -1.94. The minimum absolute atomic E-state index is 1.15. The van der Waals surface area contributed by atoms with Crippen molar-refractivity contribution in [3.05, 3.63) is 200 Å². The standard InChI is InChI=1S/C49H36N2/c1-3-12-34(13-4-2)35-20-22-36(23-21-35)37-24-28-41(29-25-37)51-47-19-11-9-17-43(47)45-33-39(27-31-49(45)51)38-26-30-48-44(32-38)42-16-8-10-18-46(42)50(48)40-14-6-5-7-15-40/h3-33H,1H2,2H3/b13-4-,34-12+. The molecule has 9 rings (SSSR count). The third-order valence-electron chi connectivity index (χ3n) is 10.0. The van der Waals surface area contributed by atoms with Gasteiger partial charge in [0.25, 0.3) is 0 Å². The fraction of sp³-hybridized carbons (Fsp3) is 0.0204. The Kier molecular flexibility index (Phi) is 7.56. The summed E-state index contributed by atoms with van der Waals surface area (Å²) in [4.78, 5) is 0. The molecule has 0 amide bonds. The fourth-order valence-electron chi connectivity index (χ4n) is 7.65. The van der Waals surface area contributed by atoms with Crippen molar-refractivity contribution in [3.8, 4) is 33.6 Å². The summed E-state index contributed by atoms with van der Waals surface area (Å²) >= 11 is 0.